The molecular formula is C18H19N3O7S2. The molecular weight excluding hydrogens is 434 g/mol. The van der Waals surface area contributed by atoms with Crippen molar-refractivity contribution in [3.8, 4) is 5.75 Å². The summed E-state index contributed by atoms with van der Waals surface area (Å²) in [5.41, 5.74) is 6.69. The van der Waals surface area contributed by atoms with Crippen LogP contribution in [0, 0.1) is 0 Å². The van der Waals surface area contributed by atoms with Crippen LogP contribution in [0.5, 0.6) is 5.75 Å². The number of carbonyl (C=O) groups excluding carboxylic acids is 2. The van der Waals surface area contributed by atoms with E-state index in [4.69, 9.17) is 10.8 Å². The highest BCUT2D eigenvalue weighted by Gasteiger charge is 2.54. The Morgan fingerprint density at radius 1 is 1.27 bits per heavy atom. The quantitative estimate of drug-likeness (QED) is 0.336. The third kappa shape index (κ3) is 4.40. The van der Waals surface area contributed by atoms with Crippen molar-refractivity contribution in [1.82, 2.24) is 10.2 Å². The predicted molar refractivity (Wildman–Crippen MR) is 110 cm³/mol. The van der Waals surface area contributed by atoms with E-state index in [1.54, 1.807) is 0 Å². The number of aromatic hydroxyl groups is 1. The van der Waals surface area contributed by atoms with Gasteiger partial charge in [0.15, 0.2) is 0 Å². The van der Waals surface area contributed by atoms with E-state index >= 15 is 0 Å². The Morgan fingerprint density at radius 3 is 2.53 bits per heavy atom. The average molecular weight is 453 g/mol. The zero-order valence-electron chi connectivity index (χ0n) is 15.5. The first-order chi connectivity index (χ1) is 14.2. The van der Waals surface area contributed by atoms with E-state index in [2.05, 4.69) is 5.32 Å². The number of phenols is 1. The van der Waals surface area contributed by atoms with Gasteiger partial charge in [-0.1, -0.05) is 12.1 Å². The molecule has 0 radical (unpaired) electrons. The van der Waals surface area contributed by atoms with Gasteiger partial charge in [0, 0.05) is 11.5 Å². The second-order valence-corrected chi connectivity index (χ2v) is 8.70. The van der Waals surface area contributed by atoms with Gasteiger partial charge < -0.3 is 26.4 Å². The number of fused-ring (bicyclic) bond motifs is 1. The van der Waals surface area contributed by atoms with E-state index in [0.717, 1.165) is 16.7 Å². The molecule has 2 amide bonds. The summed E-state index contributed by atoms with van der Waals surface area (Å²) in [6, 6.07) is 3.81. The van der Waals surface area contributed by atoms with Crippen LogP contribution >= 0.6 is 23.5 Å². The van der Waals surface area contributed by atoms with Crippen LogP contribution in [0.25, 0.3) is 0 Å². The molecule has 2 aliphatic heterocycles. The molecule has 6 N–H and O–H groups in total. The minimum Gasteiger partial charge on any atom is -0.508 e. The lowest BCUT2D eigenvalue weighted by Gasteiger charge is -2.49. The summed E-state index contributed by atoms with van der Waals surface area (Å²) in [6.07, 6.45) is 0. The molecule has 0 saturated carbocycles. The van der Waals surface area contributed by atoms with Crippen LogP contribution < -0.4 is 11.1 Å². The molecule has 2 aliphatic rings. The molecule has 1 saturated heterocycles. The number of aliphatic carboxylic acids is 2. The molecule has 1 aromatic carbocycles. The Balaban J connectivity index is 1.69. The smallest absolute Gasteiger partial charge is 0.352 e. The van der Waals surface area contributed by atoms with Gasteiger partial charge in [0.2, 0.25) is 5.91 Å². The number of nitrogens with two attached hydrogens (primary N) is 1. The number of carbonyl (C=O) groups is 4. The molecule has 3 atom stereocenters. The number of nitrogens with one attached hydrogen (secondary N) is 1. The van der Waals surface area contributed by atoms with E-state index in [-0.39, 0.29) is 23.0 Å². The number of β-lactam (4-membered cyclic amide) rings is 1. The number of rotatable bonds is 8. The van der Waals surface area contributed by atoms with Crippen molar-refractivity contribution in [2.75, 3.05) is 17.3 Å². The standard InChI is InChI=1S/C18H19N3O7S2/c19-12(8-1-3-10(22)4-2-8)15(25)20-13-16(26)21-14(18(27)28)9(6-30-17(13)21)5-29-7-11(23)24/h1-4,12-13,17,22H,5-7,19H2,(H,20,25)(H,23,24)(H,27,28)/t12?,13-,17-/m1/s1. The number of carboxylic acid groups (broad SMARTS) is 2. The van der Waals surface area contributed by atoms with Gasteiger partial charge in [0.1, 0.15) is 28.9 Å². The van der Waals surface area contributed by atoms with Gasteiger partial charge in [-0.2, -0.15) is 0 Å². The summed E-state index contributed by atoms with van der Waals surface area (Å²) in [7, 11) is 0. The van der Waals surface area contributed by atoms with Gasteiger partial charge in [0.05, 0.1) is 5.75 Å². The van der Waals surface area contributed by atoms with Gasteiger partial charge in [-0.25, -0.2) is 4.79 Å². The zero-order valence-corrected chi connectivity index (χ0v) is 17.1. The first-order valence-corrected chi connectivity index (χ1v) is 11.0. The predicted octanol–water partition coefficient (Wildman–Crippen LogP) is -0.0516. The second-order valence-electron chi connectivity index (χ2n) is 6.61. The van der Waals surface area contributed by atoms with Crippen molar-refractivity contribution in [2.24, 2.45) is 5.73 Å². The summed E-state index contributed by atoms with van der Waals surface area (Å²) < 4.78 is 0. The maximum absolute atomic E-state index is 12.6. The number of amides is 2. The van der Waals surface area contributed by atoms with E-state index < -0.39 is 41.2 Å². The van der Waals surface area contributed by atoms with Gasteiger partial charge in [-0.3, -0.25) is 19.3 Å². The summed E-state index contributed by atoms with van der Waals surface area (Å²) >= 11 is 2.35. The van der Waals surface area contributed by atoms with Crippen LogP contribution in [-0.4, -0.2) is 72.6 Å². The highest BCUT2D eigenvalue weighted by atomic mass is 32.2. The van der Waals surface area contributed by atoms with Gasteiger partial charge >= 0.3 is 11.9 Å². The van der Waals surface area contributed by atoms with Crippen LogP contribution in [0.3, 0.4) is 0 Å². The summed E-state index contributed by atoms with van der Waals surface area (Å²) in [5.74, 6) is -3.10. The van der Waals surface area contributed by atoms with Crippen molar-refractivity contribution < 1.29 is 34.5 Å². The fourth-order valence-corrected chi connectivity index (χ4v) is 5.37. The summed E-state index contributed by atoms with van der Waals surface area (Å²) in [4.78, 5) is 48.6. The fraction of sp³-hybridized carbons (Fsp3) is 0.333. The number of benzene rings is 1. The van der Waals surface area contributed by atoms with Crippen LogP contribution in [0.2, 0.25) is 0 Å². The highest BCUT2D eigenvalue weighted by Crippen LogP contribution is 2.41. The van der Waals surface area contributed by atoms with Crippen molar-refractivity contribution in [3.63, 3.8) is 0 Å². The largest absolute Gasteiger partial charge is 0.508 e. The van der Waals surface area contributed by atoms with Crippen LogP contribution in [-0.2, 0) is 19.2 Å². The normalized spacial score (nSPS) is 21.5. The minimum atomic E-state index is -1.27. The second kappa shape index (κ2) is 8.98. The monoisotopic (exact) mass is 453 g/mol. The van der Waals surface area contributed by atoms with Gasteiger partial charge in [-0.15, -0.1) is 23.5 Å². The average Bonchev–Trinajstić information content (AvgIpc) is 2.70. The Kier molecular flexibility index (Phi) is 6.58. The molecule has 0 spiro atoms. The Morgan fingerprint density at radius 2 is 1.93 bits per heavy atom. The molecule has 1 unspecified atom stereocenters. The molecule has 0 bridgehead atoms. The molecule has 1 fully saturated rings. The van der Waals surface area contributed by atoms with Crippen molar-refractivity contribution in [1.29, 1.82) is 0 Å². The number of phenolic OH excluding ortho intramolecular Hbond substituents is 1. The van der Waals surface area contributed by atoms with Crippen molar-refractivity contribution >= 4 is 47.3 Å². The molecule has 12 heteroatoms. The van der Waals surface area contributed by atoms with E-state index in [9.17, 15) is 29.4 Å². The zero-order chi connectivity index (χ0) is 22.0. The van der Waals surface area contributed by atoms with Crippen molar-refractivity contribution in [3.05, 3.63) is 41.1 Å². The van der Waals surface area contributed by atoms with Crippen molar-refractivity contribution in [2.45, 2.75) is 17.5 Å². The number of thioether (sulfide) groups is 2. The van der Waals surface area contributed by atoms with E-state index in [1.165, 1.54) is 36.0 Å². The first-order valence-electron chi connectivity index (χ1n) is 8.75. The lowest BCUT2D eigenvalue weighted by molar-refractivity contribution is -0.150. The molecule has 2 heterocycles. The molecule has 3 rings (SSSR count). The SMILES string of the molecule is NC(C(=O)N[C@@H]1C(=O)N2C(C(=O)O)=C(CSCC(=O)O)CS[C@H]12)c1ccc(O)cc1. The Labute approximate surface area is 179 Å². The highest BCUT2D eigenvalue weighted by molar-refractivity contribution is 8.01. The maximum atomic E-state index is 12.6. The number of nitrogens with zero attached hydrogens (tertiary/aromatic N) is 1. The first kappa shape index (κ1) is 22.0. The fourth-order valence-electron chi connectivity index (χ4n) is 3.13. The van der Waals surface area contributed by atoms with Crippen LogP contribution in [0.4, 0.5) is 0 Å². The molecule has 30 heavy (non-hydrogen) atoms. The molecule has 0 aromatic heterocycles. The van der Waals surface area contributed by atoms with Crippen LogP contribution in [0.15, 0.2) is 35.5 Å². The summed E-state index contributed by atoms with van der Waals surface area (Å²) in [6.45, 7) is 0. The number of hydrogen-bond acceptors (Lipinski definition) is 8. The molecule has 1 aromatic rings. The minimum absolute atomic E-state index is 0.0279. The van der Waals surface area contributed by atoms with E-state index in [1.807, 2.05) is 0 Å². The lowest BCUT2D eigenvalue weighted by atomic mass is 10.0. The third-order valence-corrected chi connectivity index (χ3v) is 6.93. The third-order valence-electron chi connectivity index (χ3n) is 4.58. The lowest BCUT2D eigenvalue weighted by Crippen LogP contribution is -2.71. The van der Waals surface area contributed by atoms with Crippen LogP contribution in [0.1, 0.15) is 11.6 Å². The Bertz CT molecular complexity index is 919. The molecule has 160 valence electrons. The maximum Gasteiger partial charge on any atom is 0.352 e. The topological polar surface area (TPSA) is 170 Å². The summed E-state index contributed by atoms with van der Waals surface area (Å²) in [5, 5.41) is 29.6. The number of carboxylic acids is 2. The van der Waals surface area contributed by atoms with Gasteiger partial charge in [0.25, 0.3) is 5.91 Å². The molecule has 0 aliphatic carbocycles. The van der Waals surface area contributed by atoms with E-state index in [0.29, 0.717) is 16.9 Å². The Hall–Kier alpha value is -2.70. The molecule has 10 nitrogen and oxygen atoms in total. The number of hydrogen-bond donors (Lipinski definition) is 5. The van der Waals surface area contributed by atoms with Gasteiger partial charge in [-0.05, 0) is 23.3 Å².